The van der Waals surface area contributed by atoms with Crippen molar-refractivity contribution in [3.8, 4) is 0 Å². The Morgan fingerprint density at radius 2 is 2.05 bits per heavy atom. The summed E-state index contributed by atoms with van der Waals surface area (Å²) in [5.74, 6) is 0.908. The largest absolute Gasteiger partial charge is 0.345 e. The van der Waals surface area contributed by atoms with E-state index in [0.29, 0.717) is 5.56 Å². The van der Waals surface area contributed by atoms with E-state index in [1.165, 1.54) is 5.56 Å². The number of pyridine rings is 1. The van der Waals surface area contributed by atoms with Crippen molar-refractivity contribution in [3.63, 3.8) is 0 Å². The van der Waals surface area contributed by atoms with Crippen LogP contribution in [0.5, 0.6) is 0 Å². The van der Waals surface area contributed by atoms with Gasteiger partial charge in [0.15, 0.2) is 0 Å². The lowest BCUT2D eigenvalue weighted by atomic mass is 10.1. The molecule has 0 fully saturated rings. The fraction of sp³-hybridized carbons (Fsp3) is 0.250. The Morgan fingerprint density at radius 3 is 2.65 bits per heavy atom. The number of amides is 1. The topological polar surface area (TPSA) is 42.0 Å². The molecule has 1 N–H and O–H groups in total. The molecule has 104 valence electrons. The average molecular weight is 286 g/mol. The number of benzene rings is 1. The molecule has 0 bridgehead atoms. The van der Waals surface area contributed by atoms with Gasteiger partial charge >= 0.3 is 0 Å². The standard InChI is InChI=1S/C16H18N2OS/c1-12(15-4-3-9-17-10-15)18-16(19)14-7-5-13(6-8-14)11-20-2/h3-10,12H,11H2,1-2H3,(H,18,19). The molecule has 0 radical (unpaired) electrons. The van der Waals surface area contributed by atoms with E-state index >= 15 is 0 Å². The van der Waals surface area contributed by atoms with E-state index in [4.69, 9.17) is 0 Å². The second-order valence-corrected chi connectivity index (χ2v) is 5.48. The molecule has 3 nitrogen and oxygen atoms in total. The van der Waals surface area contributed by atoms with Gasteiger partial charge in [0.1, 0.15) is 0 Å². The van der Waals surface area contributed by atoms with Crippen LogP contribution in [0.2, 0.25) is 0 Å². The molecular weight excluding hydrogens is 268 g/mol. The summed E-state index contributed by atoms with van der Waals surface area (Å²) in [6.45, 7) is 1.96. The minimum Gasteiger partial charge on any atom is -0.345 e. The zero-order valence-corrected chi connectivity index (χ0v) is 12.5. The molecule has 4 heteroatoms. The Morgan fingerprint density at radius 1 is 1.30 bits per heavy atom. The number of hydrogen-bond donors (Lipinski definition) is 1. The minimum atomic E-state index is -0.0583. The zero-order valence-electron chi connectivity index (χ0n) is 11.7. The Balaban J connectivity index is 2.01. The van der Waals surface area contributed by atoms with Crippen LogP contribution in [0.1, 0.15) is 34.5 Å². The van der Waals surface area contributed by atoms with Crippen molar-refractivity contribution in [1.82, 2.24) is 10.3 Å². The molecule has 1 aromatic heterocycles. The summed E-state index contributed by atoms with van der Waals surface area (Å²) >= 11 is 1.77. The first-order valence-electron chi connectivity index (χ1n) is 6.49. The lowest BCUT2D eigenvalue weighted by molar-refractivity contribution is 0.0940. The van der Waals surface area contributed by atoms with Gasteiger partial charge in [-0.2, -0.15) is 11.8 Å². The van der Waals surface area contributed by atoms with Gasteiger partial charge in [0.2, 0.25) is 0 Å². The van der Waals surface area contributed by atoms with E-state index < -0.39 is 0 Å². The van der Waals surface area contributed by atoms with Gasteiger partial charge in [-0.05, 0) is 42.5 Å². The highest BCUT2D eigenvalue weighted by molar-refractivity contribution is 7.97. The van der Waals surface area contributed by atoms with Crippen LogP contribution in [0.25, 0.3) is 0 Å². The number of hydrogen-bond acceptors (Lipinski definition) is 3. The maximum atomic E-state index is 12.2. The second-order valence-electron chi connectivity index (χ2n) is 4.61. The van der Waals surface area contributed by atoms with Crippen molar-refractivity contribution in [2.75, 3.05) is 6.26 Å². The predicted molar refractivity (Wildman–Crippen MR) is 83.8 cm³/mol. The van der Waals surface area contributed by atoms with Crippen molar-refractivity contribution < 1.29 is 4.79 Å². The lowest BCUT2D eigenvalue weighted by Gasteiger charge is -2.14. The van der Waals surface area contributed by atoms with Crippen LogP contribution in [0, 0.1) is 0 Å². The van der Waals surface area contributed by atoms with Gasteiger partial charge in [-0.25, -0.2) is 0 Å². The maximum absolute atomic E-state index is 12.2. The van der Waals surface area contributed by atoms with Crippen molar-refractivity contribution in [3.05, 3.63) is 65.5 Å². The van der Waals surface area contributed by atoms with Gasteiger partial charge < -0.3 is 5.32 Å². The molecule has 0 saturated carbocycles. The molecule has 0 aliphatic heterocycles. The first-order chi connectivity index (χ1) is 9.70. The Labute approximate surface area is 123 Å². The van der Waals surface area contributed by atoms with Crippen molar-refractivity contribution in [1.29, 1.82) is 0 Å². The van der Waals surface area contributed by atoms with Crippen LogP contribution in [-0.4, -0.2) is 17.1 Å². The van der Waals surface area contributed by atoms with Crippen LogP contribution in [0.3, 0.4) is 0 Å². The fourth-order valence-corrected chi connectivity index (χ4v) is 2.44. The highest BCUT2D eigenvalue weighted by atomic mass is 32.2. The quantitative estimate of drug-likeness (QED) is 0.915. The third-order valence-electron chi connectivity index (χ3n) is 3.06. The van der Waals surface area contributed by atoms with Crippen LogP contribution in [0.4, 0.5) is 0 Å². The molecule has 1 unspecified atom stereocenters. The lowest BCUT2D eigenvalue weighted by Crippen LogP contribution is -2.26. The fourth-order valence-electron chi connectivity index (χ4n) is 1.91. The Hall–Kier alpha value is -1.81. The van der Waals surface area contributed by atoms with E-state index in [1.54, 1.807) is 24.2 Å². The third-order valence-corrected chi connectivity index (χ3v) is 3.68. The molecule has 0 aliphatic carbocycles. The molecule has 0 saturated heterocycles. The van der Waals surface area contributed by atoms with Gasteiger partial charge in [0, 0.05) is 23.7 Å². The van der Waals surface area contributed by atoms with Gasteiger partial charge in [0.05, 0.1) is 6.04 Å². The summed E-state index contributed by atoms with van der Waals surface area (Å²) < 4.78 is 0. The third kappa shape index (κ3) is 3.84. The summed E-state index contributed by atoms with van der Waals surface area (Å²) in [6, 6.07) is 11.5. The Kier molecular flexibility index (Phi) is 5.18. The SMILES string of the molecule is CSCc1ccc(C(=O)NC(C)c2cccnc2)cc1. The maximum Gasteiger partial charge on any atom is 0.251 e. The molecule has 1 aromatic carbocycles. The predicted octanol–water partition coefficient (Wildman–Crippen LogP) is 3.44. The van der Waals surface area contributed by atoms with Crippen LogP contribution < -0.4 is 5.32 Å². The molecule has 2 aromatic rings. The molecule has 2 rings (SSSR count). The average Bonchev–Trinajstić information content (AvgIpc) is 2.49. The van der Waals surface area contributed by atoms with Crippen LogP contribution >= 0.6 is 11.8 Å². The summed E-state index contributed by atoms with van der Waals surface area (Å²) in [6.07, 6.45) is 5.56. The summed E-state index contributed by atoms with van der Waals surface area (Å²) in [4.78, 5) is 16.2. The normalized spacial score (nSPS) is 11.9. The number of carbonyl (C=O) groups is 1. The molecule has 0 spiro atoms. The number of rotatable bonds is 5. The number of nitrogens with zero attached hydrogens (tertiary/aromatic N) is 1. The smallest absolute Gasteiger partial charge is 0.251 e. The summed E-state index contributed by atoms with van der Waals surface area (Å²) in [5.41, 5.74) is 2.92. The van der Waals surface area contributed by atoms with Crippen LogP contribution in [0.15, 0.2) is 48.8 Å². The van der Waals surface area contributed by atoms with Gasteiger partial charge in [-0.1, -0.05) is 18.2 Å². The van der Waals surface area contributed by atoms with Gasteiger partial charge in [0.25, 0.3) is 5.91 Å². The van der Waals surface area contributed by atoms with E-state index in [0.717, 1.165) is 11.3 Å². The van der Waals surface area contributed by atoms with E-state index in [1.807, 2.05) is 43.3 Å². The highest BCUT2D eigenvalue weighted by Gasteiger charge is 2.11. The van der Waals surface area contributed by atoms with Gasteiger partial charge in [-0.15, -0.1) is 0 Å². The number of nitrogens with one attached hydrogen (secondary N) is 1. The van der Waals surface area contributed by atoms with E-state index in [2.05, 4.69) is 16.6 Å². The summed E-state index contributed by atoms with van der Waals surface area (Å²) in [7, 11) is 0. The summed E-state index contributed by atoms with van der Waals surface area (Å²) in [5, 5.41) is 2.98. The van der Waals surface area contributed by atoms with Crippen molar-refractivity contribution >= 4 is 17.7 Å². The van der Waals surface area contributed by atoms with Crippen molar-refractivity contribution in [2.45, 2.75) is 18.7 Å². The minimum absolute atomic E-state index is 0.0536. The van der Waals surface area contributed by atoms with Gasteiger partial charge in [-0.3, -0.25) is 9.78 Å². The van der Waals surface area contributed by atoms with Crippen molar-refractivity contribution in [2.24, 2.45) is 0 Å². The zero-order chi connectivity index (χ0) is 14.4. The first kappa shape index (κ1) is 14.6. The molecule has 1 atom stereocenters. The number of aromatic nitrogens is 1. The first-order valence-corrected chi connectivity index (χ1v) is 7.88. The monoisotopic (exact) mass is 286 g/mol. The molecular formula is C16H18N2OS. The number of carbonyl (C=O) groups excluding carboxylic acids is 1. The molecule has 20 heavy (non-hydrogen) atoms. The highest BCUT2D eigenvalue weighted by Crippen LogP contribution is 2.13. The Bertz CT molecular complexity index is 554. The molecule has 0 aliphatic rings. The van der Waals surface area contributed by atoms with E-state index in [-0.39, 0.29) is 11.9 Å². The number of thioether (sulfide) groups is 1. The van der Waals surface area contributed by atoms with Crippen LogP contribution in [-0.2, 0) is 5.75 Å². The second kappa shape index (κ2) is 7.10. The molecule has 1 amide bonds. The van der Waals surface area contributed by atoms with E-state index in [9.17, 15) is 4.79 Å². The molecule has 1 heterocycles.